The maximum absolute atomic E-state index is 9.31. The lowest BCUT2D eigenvalue weighted by Gasteiger charge is -2.08. The first-order valence-electron chi connectivity index (χ1n) is 4.00. The molecule has 0 aliphatic carbocycles. The van der Waals surface area contributed by atoms with Gasteiger partial charge in [0.05, 0.1) is 12.3 Å². The topological polar surface area (TPSA) is 64.1 Å². The Labute approximate surface area is 72.0 Å². The Morgan fingerprint density at radius 2 is 2.42 bits per heavy atom. The maximum Gasteiger partial charge on any atom is 0.0717 e. The van der Waals surface area contributed by atoms with Crippen molar-refractivity contribution in [2.24, 2.45) is 12.8 Å². The van der Waals surface area contributed by atoms with Crippen LogP contribution in [0.5, 0.6) is 0 Å². The van der Waals surface area contributed by atoms with Gasteiger partial charge >= 0.3 is 0 Å². The van der Waals surface area contributed by atoms with Crippen molar-refractivity contribution in [3.05, 3.63) is 17.5 Å². The summed E-state index contributed by atoms with van der Waals surface area (Å²) in [5.41, 5.74) is 7.46. The van der Waals surface area contributed by atoms with Crippen LogP contribution in [0.25, 0.3) is 0 Å². The molecule has 0 aromatic carbocycles. The van der Waals surface area contributed by atoms with Crippen LogP contribution in [0.3, 0.4) is 0 Å². The second-order valence-electron chi connectivity index (χ2n) is 2.99. The Balaban J connectivity index is 2.73. The van der Waals surface area contributed by atoms with Gasteiger partial charge in [0.1, 0.15) is 0 Å². The summed E-state index contributed by atoms with van der Waals surface area (Å²) in [6, 6.07) is 0. The van der Waals surface area contributed by atoms with Gasteiger partial charge in [0.2, 0.25) is 0 Å². The molecular weight excluding hydrogens is 154 g/mol. The molecule has 0 aliphatic heterocycles. The van der Waals surface area contributed by atoms with Crippen molar-refractivity contribution in [2.45, 2.75) is 19.4 Å². The fraction of sp³-hybridized carbons (Fsp3) is 0.625. The van der Waals surface area contributed by atoms with Gasteiger partial charge in [-0.2, -0.15) is 5.10 Å². The largest absolute Gasteiger partial charge is 0.391 e. The van der Waals surface area contributed by atoms with E-state index in [4.69, 9.17) is 5.73 Å². The average molecular weight is 169 g/mol. The van der Waals surface area contributed by atoms with Gasteiger partial charge in [0, 0.05) is 25.7 Å². The van der Waals surface area contributed by atoms with Gasteiger partial charge in [-0.15, -0.1) is 0 Å². The van der Waals surface area contributed by atoms with E-state index in [0.29, 0.717) is 13.0 Å². The zero-order valence-corrected chi connectivity index (χ0v) is 7.49. The summed E-state index contributed by atoms with van der Waals surface area (Å²) < 4.78 is 1.77. The summed E-state index contributed by atoms with van der Waals surface area (Å²) in [6.07, 6.45) is 1.91. The number of nitrogens with zero attached hydrogens (tertiary/aromatic N) is 2. The van der Waals surface area contributed by atoms with Crippen LogP contribution < -0.4 is 5.73 Å². The predicted molar refractivity (Wildman–Crippen MR) is 46.7 cm³/mol. The van der Waals surface area contributed by atoms with Crippen LogP contribution in [-0.2, 0) is 13.5 Å². The van der Waals surface area contributed by atoms with E-state index in [1.54, 1.807) is 10.9 Å². The number of aromatic nitrogens is 2. The van der Waals surface area contributed by atoms with Gasteiger partial charge in [0.15, 0.2) is 0 Å². The lowest BCUT2D eigenvalue weighted by atomic mass is 10.1. The minimum absolute atomic E-state index is 0.296. The van der Waals surface area contributed by atoms with Crippen LogP contribution in [0.2, 0.25) is 0 Å². The first kappa shape index (κ1) is 9.22. The zero-order valence-electron chi connectivity index (χ0n) is 7.49. The van der Waals surface area contributed by atoms with Gasteiger partial charge < -0.3 is 10.8 Å². The SMILES string of the molecule is Cc1cnn(C)c1CC(O)CN. The molecule has 0 saturated heterocycles. The van der Waals surface area contributed by atoms with Gasteiger partial charge in [-0.25, -0.2) is 0 Å². The van der Waals surface area contributed by atoms with E-state index < -0.39 is 6.10 Å². The van der Waals surface area contributed by atoms with Crippen molar-refractivity contribution >= 4 is 0 Å². The maximum atomic E-state index is 9.31. The fourth-order valence-electron chi connectivity index (χ4n) is 1.17. The summed E-state index contributed by atoms with van der Waals surface area (Å²) in [7, 11) is 1.87. The number of aryl methyl sites for hydroxylation is 2. The smallest absolute Gasteiger partial charge is 0.0717 e. The Hall–Kier alpha value is -0.870. The molecule has 12 heavy (non-hydrogen) atoms. The number of hydrogen-bond acceptors (Lipinski definition) is 3. The predicted octanol–water partition coefficient (Wildman–Crippen LogP) is -0.409. The van der Waals surface area contributed by atoms with E-state index in [1.165, 1.54) is 0 Å². The molecule has 68 valence electrons. The Kier molecular flexibility index (Phi) is 2.83. The molecule has 4 nitrogen and oxygen atoms in total. The molecule has 1 unspecified atom stereocenters. The third-order valence-corrected chi connectivity index (χ3v) is 1.97. The molecule has 0 spiro atoms. The van der Waals surface area contributed by atoms with Gasteiger partial charge in [0.25, 0.3) is 0 Å². The summed E-state index contributed by atoms with van der Waals surface area (Å²) in [5.74, 6) is 0. The van der Waals surface area contributed by atoms with Crippen molar-refractivity contribution < 1.29 is 5.11 Å². The van der Waals surface area contributed by atoms with Crippen molar-refractivity contribution in [1.82, 2.24) is 9.78 Å². The second-order valence-corrected chi connectivity index (χ2v) is 2.99. The standard InChI is InChI=1S/C8H15N3O/c1-6-5-10-11(2)8(6)3-7(12)4-9/h5,7,12H,3-4,9H2,1-2H3. The number of rotatable bonds is 3. The first-order valence-corrected chi connectivity index (χ1v) is 4.00. The molecular formula is C8H15N3O. The average Bonchev–Trinajstić information content (AvgIpc) is 2.35. The van der Waals surface area contributed by atoms with Gasteiger partial charge in [-0.05, 0) is 12.5 Å². The van der Waals surface area contributed by atoms with Crippen molar-refractivity contribution in [3.8, 4) is 0 Å². The molecule has 0 radical (unpaired) electrons. The van der Waals surface area contributed by atoms with Gasteiger partial charge in [-0.3, -0.25) is 4.68 Å². The van der Waals surface area contributed by atoms with Crippen LogP contribution in [0.4, 0.5) is 0 Å². The molecule has 1 atom stereocenters. The Bertz CT molecular complexity index is 237. The molecule has 1 rings (SSSR count). The number of nitrogens with two attached hydrogens (primary N) is 1. The summed E-state index contributed by atoms with van der Waals surface area (Å²) >= 11 is 0. The molecule has 0 bridgehead atoms. The highest BCUT2D eigenvalue weighted by Gasteiger charge is 2.09. The van der Waals surface area contributed by atoms with Crippen molar-refractivity contribution in [2.75, 3.05) is 6.54 Å². The Morgan fingerprint density at radius 3 is 2.83 bits per heavy atom. The fourth-order valence-corrected chi connectivity index (χ4v) is 1.17. The van der Waals surface area contributed by atoms with E-state index >= 15 is 0 Å². The molecule has 0 amide bonds. The summed E-state index contributed by atoms with van der Waals surface area (Å²) in [4.78, 5) is 0. The lowest BCUT2D eigenvalue weighted by Crippen LogP contribution is -2.23. The molecule has 4 heteroatoms. The first-order chi connectivity index (χ1) is 5.65. The third kappa shape index (κ3) is 1.84. The highest BCUT2D eigenvalue weighted by atomic mass is 16.3. The van der Waals surface area contributed by atoms with E-state index in [-0.39, 0.29) is 0 Å². The molecule has 1 heterocycles. The quantitative estimate of drug-likeness (QED) is 0.646. The van der Waals surface area contributed by atoms with Crippen LogP contribution in [-0.4, -0.2) is 27.5 Å². The Morgan fingerprint density at radius 1 is 1.75 bits per heavy atom. The van der Waals surface area contributed by atoms with E-state index in [0.717, 1.165) is 11.3 Å². The normalized spacial score (nSPS) is 13.3. The number of aliphatic hydroxyl groups excluding tert-OH is 1. The monoisotopic (exact) mass is 169 g/mol. The number of hydrogen-bond donors (Lipinski definition) is 2. The van der Waals surface area contributed by atoms with Crippen LogP contribution in [0, 0.1) is 6.92 Å². The molecule has 1 aromatic heterocycles. The van der Waals surface area contributed by atoms with Crippen LogP contribution >= 0.6 is 0 Å². The number of aliphatic hydroxyl groups is 1. The van der Waals surface area contributed by atoms with Crippen molar-refractivity contribution in [3.63, 3.8) is 0 Å². The minimum atomic E-state index is -0.459. The summed E-state index contributed by atoms with van der Waals surface area (Å²) in [5, 5.41) is 13.4. The summed E-state index contributed by atoms with van der Waals surface area (Å²) in [6.45, 7) is 2.27. The minimum Gasteiger partial charge on any atom is -0.391 e. The molecule has 3 N–H and O–H groups in total. The lowest BCUT2D eigenvalue weighted by molar-refractivity contribution is 0.180. The van der Waals surface area contributed by atoms with E-state index in [1.807, 2.05) is 14.0 Å². The second kappa shape index (κ2) is 3.69. The zero-order chi connectivity index (χ0) is 9.14. The van der Waals surface area contributed by atoms with Crippen LogP contribution in [0.15, 0.2) is 6.20 Å². The van der Waals surface area contributed by atoms with Crippen LogP contribution in [0.1, 0.15) is 11.3 Å². The van der Waals surface area contributed by atoms with Gasteiger partial charge in [-0.1, -0.05) is 0 Å². The molecule has 1 aromatic rings. The molecule has 0 aliphatic rings. The molecule has 0 fully saturated rings. The third-order valence-electron chi connectivity index (χ3n) is 1.97. The van der Waals surface area contributed by atoms with Crippen molar-refractivity contribution in [1.29, 1.82) is 0 Å². The highest BCUT2D eigenvalue weighted by Crippen LogP contribution is 2.07. The highest BCUT2D eigenvalue weighted by molar-refractivity contribution is 5.16. The molecule has 0 saturated carbocycles. The van der Waals surface area contributed by atoms with E-state index in [2.05, 4.69) is 5.10 Å². The van der Waals surface area contributed by atoms with E-state index in [9.17, 15) is 5.11 Å².